The zero-order valence-corrected chi connectivity index (χ0v) is 17.7. The molecule has 0 radical (unpaired) electrons. The van der Waals surface area contributed by atoms with Crippen molar-refractivity contribution in [2.45, 2.75) is 19.4 Å². The van der Waals surface area contributed by atoms with Crippen molar-refractivity contribution in [3.05, 3.63) is 92.8 Å². The maximum atomic E-state index is 14.9. The van der Waals surface area contributed by atoms with Gasteiger partial charge in [0.05, 0.1) is 11.1 Å². The number of aliphatic carboxylic acids is 1. The Morgan fingerprint density at radius 2 is 1.62 bits per heavy atom. The van der Waals surface area contributed by atoms with Crippen molar-refractivity contribution < 1.29 is 32.3 Å². The van der Waals surface area contributed by atoms with Gasteiger partial charge in [0.25, 0.3) is 5.56 Å². The molecule has 178 valence electrons. The van der Waals surface area contributed by atoms with Crippen LogP contribution in [0, 0.1) is 23.3 Å². The molecule has 1 atom stereocenters. The normalized spacial score (nSPS) is 11.9. The molecule has 0 bridgehead atoms. The number of aromatic nitrogens is 1. The number of carbonyl (C=O) groups excluding carboxylic acids is 1. The van der Waals surface area contributed by atoms with Crippen molar-refractivity contribution in [3.8, 4) is 5.69 Å². The van der Waals surface area contributed by atoms with Gasteiger partial charge in [0.2, 0.25) is 0 Å². The molecule has 0 unspecified atom stereocenters. The predicted molar refractivity (Wildman–Crippen MR) is 115 cm³/mol. The van der Waals surface area contributed by atoms with Gasteiger partial charge in [0, 0.05) is 12.1 Å². The van der Waals surface area contributed by atoms with Gasteiger partial charge in [-0.3, -0.25) is 19.0 Å². The van der Waals surface area contributed by atoms with Crippen LogP contribution in [-0.2, 0) is 11.2 Å². The van der Waals surface area contributed by atoms with E-state index < -0.39 is 69.3 Å². The summed E-state index contributed by atoms with van der Waals surface area (Å²) < 4.78 is 57.4. The van der Waals surface area contributed by atoms with Crippen molar-refractivity contribution in [1.82, 2.24) is 9.88 Å². The van der Waals surface area contributed by atoms with Crippen LogP contribution in [0.1, 0.15) is 28.4 Å². The van der Waals surface area contributed by atoms with E-state index in [0.29, 0.717) is 10.6 Å². The number of anilines is 1. The smallest absolute Gasteiger partial charge is 0.320 e. The van der Waals surface area contributed by atoms with E-state index in [1.807, 2.05) is 0 Å². The molecule has 4 N–H and O–H groups in total. The average molecular weight is 477 g/mol. The van der Waals surface area contributed by atoms with Crippen molar-refractivity contribution in [3.63, 3.8) is 0 Å². The summed E-state index contributed by atoms with van der Waals surface area (Å²) in [6, 6.07) is 5.09. The minimum atomic E-state index is -1.17. The number of ketones is 1. The van der Waals surface area contributed by atoms with Crippen LogP contribution in [-0.4, -0.2) is 34.0 Å². The van der Waals surface area contributed by atoms with E-state index in [1.165, 1.54) is 6.92 Å². The summed E-state index contributed by atoms with van der Waals surface area (Å²) in [5, 5.41) is 11.5. The number of pyridine rings is 1. The fraction of sp³-hybridized carbons (Fsp3) is 0.174. The zero-order chi connectivity index (χ0) is 25.2. The highest BCUT2D eigenvalue weighted by molar-refractivity contribution is 6.11. The van der Waals surface area contributed by atoms with Crippen molar-refractivity contribution in [2.24, 2.45) is 0 Å². The van der Waals surface area contributed by atoms with Crippen LogP contribution in [0.4, 0.5) is 23.4 Å². The van der Waals surface area contributed by atoms with E-state index in [4.69, 9.17) is 10.8 Å². The predicted octanol–water partition coefficient (Wildman–Crippen LogP) is 2.81. The summed E-state index contributed by atoms with van der Waals surface area (Å²) in [4.78, 5) is 36.0. The molecule has 11 heteroatoms. The molecule has 7 nitrogen and oxygen atoms in total. The first-order chi connectivity index (χ1) is 16.0. The quantitative estimate of drug-likeness (QED) is 0.340. The van der Waals surface area contributed by atoms with E-state index in [2.05, 4.69) is 5.32 Å². The fourth-order valence-electron chi connectivity index (χ4n) is 3.29. The molecule has 0 aliphatic heterocycles. The average Bonchev–Trinajstić information content (AvgIpc) is 2.75. The van der Waals surface area contributed by atoms with Gasteiger partial charge in [-0.2, -0.15) is 0 Å². The Morgan fingerprint density at radius 3 is 2.21 bits per heavy atom. The van der Waals surface area contributed by atoms with Gasteiger partial charge in [-0.05, 0) is 55.8 Å². The first-order valence-electron chi connectivity index (χ1n) is 9.97. The Morgan fingerprint density at radius 1 is 1.00 bits per heavy atom. The summed E-state index contributed by atoms with van der Waals surface area (Å²) in [7, 11) is 0. The maximum absolute atomic E-state index is 14.9. The van der Waals surface area contributed by atoms with Crippen molar-refractivity contribution in [1.29, 1.82) is 0 Å². The zero-order valence-electron chi connectivity index (χ0n) is 17.7. The molecule has 0 amide bonds. The third-order valence-electron chi connectivity index (χ3n) is 5.09. The van der Waals surface area contributed by atoms with Crippen LogP contribution in [0.5, 0.6) is 0 Å². The number of carbonyl (C=O) groups is 2. The lowest BCUT2D eigenvalue weighted by Gasteiger charge is -2.16. The highest BCUT2D eigenvalue weighted by Crippen LogP contribution is 2.25. The lowest BCUT2D eigenvalue weighted by Crippen LogP contribution is -2.35. The molecule has 1 aromatic heterocycles. The van der Waals surface area contributed by atoms with Crippen LogP contribution in [0.25, 0.3) is 5.69 Å². The Hall–Kier alpha value is -3.99. The number of hydrogen-bond donors (Lipinski definition) is 3. The number of nitrogens with zero attached hydrogens (tertiary/aromatic N) is 1. The highest BCUT2D eigenvalue weighted by Gasteiger charge is 2.23. The maximum Gasteiger partial charge on any atom is 0.320 e. The third kappa shape index (κ3) is 4.99. The van der Waals surface area contributed by atoms with E-state index in [-0.39, 0.29) is 18.5 Å². The molecule has 0 saturated carbocycles. The minimum Gasteiger partial charge on any atom is -0.480 e. The van der Waals surface area contributed by atoms with Crippen molar-refractivity contribution >= 4 is 17.6 Å². The van der Waals surface area contributed by atoms with Crippen LogP contribution in [0.2, 0.25) is 0 Å². The van der Waals surface area contributed by atoms with Gasteiger partial charge in [-0.1, -0.05) is 0 Å². The van der Waals surface area contributed by atoms with E-state index in [9.17, 15) is 31.9 Å². The SMILES string of the molecule is C[C@H](NCCc1cc(F)c(-n2c(N)c(C(=O)c3ccc(F)cc3F)ccc2=O)c(F)c1)C(=O)O. The Kier molecular flexibility index (Phi) is 7.16. The lowest BCUT2D eigenvalue weighted by molar-refractivity contribution is -0.138. The molecule has 0 saturated heterocycles. The molecule has 0 fully saturated rings. The molecule has 1 heterocycles. The minimum absolute atomic E-state index is 0.0818. The third-order valence-corrected chi connectivity index (χ3v) is 5.09. The van der Waals surface area contributed by atoms with Gasteiger partial charge in [-0.25, -0.2) is 17.6 Å². The molecule has 0 aliphatic carbocycles. The number of nitrogens with one attached hydrogen (secondary N) is 1. The van der Waals surface area contributed by atoms with Gasteiger partial charge >= 0.3 is 5.97 Å². The number of rotatable bonds is 8. The fourth-order valence-corrected chi connectivity index (χ4v) is 3.29. The number of halogens is 4. The topological polar surface area (TPSA) is 114 Å². The molecule has 34 heavy (non-hydrogen) atoms. The van der Waals surface area contributed by atoms with E-state index in [0.717, 1.165) is 36.4 Å². The number of nitrogen functional groups attached to an aromatic ring is 1. The Bertz CT molecular complexity index is 1320. The first kappa shape index (κ1) is 24.6. The standard InChI is InChI=1S/C23H19F4N3O4/c1-11(23(33)34)29-7-6-12-8-17(26)20(18(27)9-12)30-19(31)5-4-15(22(30)28)21(32)14-3-2-13(24)10-16(14)25/h2-5,8-11,29H,6-7,28H2,1H3,(H,33,34)/t11-/m0/s1. The molecular weight excluding hydrogens is 458 g/mol. The largest absolute Gasteiger partial charge is 0.480 e. The van der Waals surface area contributed by atoms with Crippen LogP contribution in [0.15, 0.2) is 47.3 Å². The second-order valence-electron chi connectivity index (χ2n) is 7.43. The number of carboxylic acid groups (broad SMARTS) is 1. The summed E-state index contributed by atoms with van der Waals surface area (Å²) in [5.74, 6) is -7.14. The first-order valence-corrected chi connectivity index (χ1v) is 9.97. The Labute approximate surface area is 190 Å². The van der Waals surface area contributed by atoms with Gasteiger partial charge in [0.15, 0.2) is 17.4 Å². The Balaban J connectivity index is 1.99. The lowest BCUT2D eigenvalue weighted by atomic mass is 10.0. The number of carboxylic acids is 1. The summed E-state index contributed by atoms with van der Waals surface area (Å²) in [6.07, 6.45) is 0.0818. The molecule has 0 aliphatic rings. The van der Waals surface area contributed by atoms with Crippen LogP contribution < -0.4 is 16.6 Å². The molecule has 3 rings (SSSR count). The van der Waals surface area contributed by atoms with E-state index in [1.54, 1.807) is 0 Å². The number of benzene rings is 2. The summed E-state index contributed by atoms with van der Waals surface area (Å²) >= 11 is 0. The second-order valence-corrected chi connectivity index (χ2v) is 7.43. The molecule has 2 aromatic carbocycles. The monoisotopic (exact) mass is 477 g/mol. The van der Waals surface area contributed by atoms with E-state index >= 15 is 0 Å². The molecule has 3 aromatic rings. The van der Waals surface area contributed by atoms with Gasteiger partial charge in [-0.15, -0.1) is 0 Å². The second kappa shape index (κ2) is 9.87. The molecular formula is C23H19F4N3O4. The van der Waals surface area contributed by atoms with Crippen LogP contribution in [0.3, 0.4) is 0 Å². The molecule has 0 spiro atoms. The highest BCUT2D eigenvalue weighted by atomic mass is 19.1. The number of hydrogen-bond acceptors (Lipinski definition) is 5. The summed E-state index contributed by atoms with van der Waals surface area (Å²) in [6.45, 7) is 1.52. The van der Waals surface area contributed by atoms with Crippen LogP contribution >= 0.6 is 0 Å². The van der Waals surface area contributed by atoms with Gasteiger partial charge < -0.3 is 16.2 Å². The van der Waals surface area contributed by atoms with Gasteiger partial charge in [0.1, 0.15) is 29.2 Å². The summed E-state index contributed by atoms with van der Waals surface area (Å²) in [5.41, 5.74) is 3.33. The number of nitrogens with two attached hydrogens (primary N) is 1. The van der Waals surface area contributed by atoms with Crippen molar-refractivity contribution in [2.75, 3.05) is 12.3 Å².